The number of anilines is 1. The molecule has 8 heteroatoms. The Morgan fingerprint density at radius 2 is 1.78 bits per heavy atom. The zero-order valence-electron chi connectivity index (χ0n) is 18.8. The number of hydrogen-bond acceptors (Lipinski definition) is 6. The van der Waals surface area contributed by atoms with Crippen molar-refractivity contribution in [2.24, 2.45) is 0 Å². The van der Waals surface area contributed by atoms with E-state index in [1.165, 1.54) is 5.56 Å². The van der Waals surface area contributed by atoms with Crippen LogP contribution in [-0.4, -0.2) is 63.8 Å². The molecule has 0 N–H and O–H groups in total. The van der Waals surface area contributed by atoms with E-state index in [9.17, 15) is 4.79 Å². The molecule has 1 amide bonds. The molecule has 1 aliphatic rings. The molecule has 0 spiro atoms. The minimum Gasteiger partial charge on any atom is -0.493 e. The van der Waals surface area contributed by atoms with Crippen LogP contribution in [0.5, 0.6) is 5.75 Å². The van der Waals surface area contributed by atoms with Crippen molar-refractivity contribution in [2.75, 3.05) is 37.7 Å². The summed E-state index contributed by atoms with van der Waals surface area (Å²) in [5.74, 6) is 1.86. The minimum atomic E-state index is 0.207. The average Bonchev–Trinajstić information content (AvgIpc) is 3.31. The number of aryl methyl sites for hydroxylation is 2. The normalized spacial score (nSPS) is 13.9. The fourth-order valence-electron chi connectivity index (χ4n) is 3.85. The summed E-state index contributed by atoms with van der Waals surface area (Å²) in [5, 5.41) is 12.2. The van der Waals surface area contributed by atoms with E-state index in [-0.39, 0.29) is 5.91 Å². The van der Waals surface area contributed by atoms with Crippen LogP contribution in [0.4, 0.5) is 5.95 Å². The number of ether oxygens (including phenoxy) is 1. The van der Waals surface area contributed by atoms with Gasteiger partial charge in [0.1, 0.15) is 5.75 Å². The van der Waals surface area contributed by atoms with Crippen LogP contribution >= 0.6 is 0 Å². The van der Waals surface area contributed by atoms with E-state index in [1.54, 1.807) is 4.68 Å². The van der Waals surface area contributed by atoms with Gasteiger partial charge in [0.2, 0.25) is 11.9 Å². The maximum Gasteiger partial charge on any atom is 0.250 e. The number of carbonyl (C=O) groups excluding carboxylic acids is 1. The molecule has 1 aromatic heterocycles. The Morgan fingerprint density at radius 1 is 1.00 bits per heavy atom. The van der Waals surface area contributed by atoms with Crippen LogP contribution in [0.25, 0.3) is 5.69 Å². The lowest BCUT2D eigenvalue weighted by Gasteiger charge is -2.34. The molecule has 0 atom stereocenters. The van der Waals surface area contributed by atoms with Gasteiger partial charge in [0.05, 0.1) is 12.3 Å². The summed E-state index contributed by atoms with van der Waals surface area (Å²) in [6, 6.07) is 16.1. The predicted octanol–water partition coefficient (Wildman–Crippen LogP) is 3.18. The molecule has 32 heavy (non-hydrogen) atoms. The van der Waals surface area contributed by atoms with Crippen molar-refractivity contribution in [1.29, 1.82) is 0 Å². The Balaban J connectivity index is 1.20. The van der Waals surface area contributed by atoms with Gasteiger partial charge in [0.25, 0.3) is 0 Å². The lowest BCUT2D eigenvalue weighted by Crippen LogP contribution is -2.49. The van der Waals surface area contributed by atoms with Gasteiger partial charge in [-0.25, -0.2) is 0 Å². The summed E-state index contributed by atoms with van der Waals surface area (Å²) in [4.78, 5) is 16.7. The van der Waals surface area contributed by atoms with E-state index >= 15 is 0 Å². The fourth-order valence-corrected chi connectivity index (χ4v) is 3.85. The first kappa shape index (κ1) is 21.8. The molecule has 3 aromatic rings. The summed E-state index contributed by atoms with van der Waals surface area (Å²) in [6.07, 6.45) is 2.25. The molecule has 168 valence electrons. The van der Waals surface area contributed by atoms with Crippen molar-refractivity contribution in [2.45, 2.75) is 33.1 Å². The quantitative estimate of drug-likeness (QED) is 0.507. The standard InChI is InChI=1S/C24H30N6O2/c1-19-11-12-20(2)22(18-19)32-17-7-6-10-23(31)28-13-15-29(16-14-28)24-25-26-27-30(24)21-8-4-3-5-9-21/h3-5,8-9,11-12,18H,6-7,10,13-17H2,1-2H3. The molecule has 8 nitrogen and oxygen atoms in total. The molecule has 4 rings (SSSR count). The fraction of sp³-hybridized carbons (Fsp3) is 0.417. The molecule has 1 saturated heterocycles. The molecule has 0 unspecified atom stereocenters. The summed E-state index contributed by atoms with van der Waals surface area (Å²) >= 11 is 0. The van der Waals surface area contributed by atoms with Gasteiger partial charge in [-0.15, -0.1) is 0 Å². The highest BCUT2D eigenvalue weighted by molar-refractivity contribution is 5.76. The van der Waals surface area contributed by atoms with Gasteiger partial charge in [0.15, 0.2) is 0 Å². The SMILES string of the molecule is Cc1ccc(C)c(OCCCCC(=O)N2CCN(c3nnnn3-c3ccccc3)CC2)c1. The molecule has 0 bridgehead atoms. The Kier molecular flexibility index (Phi) is 6.99. The number of nitrogens with zero attached hydrogens (tertiary/aromatic N) is 6. The van der Waals surface area contributed by atoms with Crippen LogP contribution in [-0.2, 0) is 4.79 Å². The van der Waals surface area contributed by atoms with E-state index in [1.807, 2.05) is 35.2 Å². The summed E-state index contributed by atoms with van der Waals surface area (Å²) in [5.41, 5.74) is 3.26. The number of carbonyl (C=O) groups is 1. The molecule has 2 aromatic carbocycles. The smallest absolute Gasteiger partial charge is 0.250 e. The van der Waals surface area contributed by atoms with Gasteiger partial charge < -0.3 is 14.5 Å². The molecule has 2 heterocycles. The molecule has 0 saturated carbocycles. The Labute approximate surface area is 188 Å². The molecule has 0 aliphatic carbocycles. The second-order valence-corrected chi connectivity index (χ2v) is 8.17. The van der Waals surface area contributed by atoms with E-state index in [2.05, 4.69) is 52.5 Å². The topological polar surface area (TPSA) is 76.4 Å². The number of aromatic nitrogens is 4. The zero-order valence-corrected chi connectivity index (χ0v) is 18.8. The summed E-state index contributed by atoms with van der Waals surface area (Å²) in [7, 11) is 0. The van der Waals surface area contributed by atoms with Gasteiger partial charge in [-0.3, -0.25) is 4.79 Å². The van der Waals surface area contributed by atoms with Crippen molar-refractivity contribution < 1.29 is 9.53 Å². The number of unbranched alkanes of at least 4 members (excludes halogenated alkanes) is 1. The number of benzene rings is 2. The second-order valence-electron chi connectivity index (χ2n) is 8.17. The van der Waals surface area contributed by atoms with E-state index in [0.29, 0.717) is 45.2 Å². The highest BCUT2D eigenvalue weighted by Crippen LogP contribution is 2.20. The van der Waals surface area contributed by atoms with E-state index in [4.69, 9.17) is 4.74 Å². The Hall–Kier alpha value is -3.42. The van der Waals surface area contributed by atoms with Crippen molar-refractivity contribution >= 4 is 11.9 Å². The number of para-hydroxylation sites is 1. The Bertz CT molecular complexity index is 1030. The monoisotopic (exact) mass is 434 g/mol. The number of rotatable bonds is 8. The number of tetrazole rings is 1. The highest BCUT2D eigenvalue weighted by Gasteiger charge is 2.24. The number of amides is 1. The van der Waals surface area contributed by atoms with Gasteiger partial charge in [-0.2, -0.15) is 4.68 Å². The lowest BCUT2D eigenvalue weighted by atomic mass is 10.1. The molecular weight excluding hydrogens is 404 g/mol. The lowest BCUT2D eigenvalue weighted by molar-refractivity contribution is -0.131. The van der Waals surface area contributed by atoms with Crippen molar-refractivity contribution in [1.82, 2.24) is 25.1 Å². The second kappa shape index (κ2) is 10.3. The predicted molar refractivity (Wildman–Crippen MR) is 123 cm³/mol. The number of piperazine rings is 1. The molecule has 0 radical (unpaired) electrons. The summed E-state index contributed by atoms with van der Waals surface area (Å²) in [6.45, 7) is 7.54. The van der Waals surface area contributed by atoms with Crippen LogP contribution in [0.3, 0.4) is 0 Å². The molecule has 1 aliphatic heterocycles. The maximum atomic E-state index is 12.6. The first-order valence-electron chi connectivity index (χ1n) is 11.2. The van der Waals surface area contributed by atoms with Crippen LogP contribution in [0.1, 0.15) is 30.4 Å². The van der Waals surface area contributed by atoms with Crippen molar-refractivity contribution in [3.05, 3.63) is 59.7 Å². The third kappa shape index (κ3) is 5.25. The molecule has 1 fully saturated rings. The Morgan fingerprint density at radius 3 is 2.56 bits per heavy atom. The van der Waals surface area contributed by atoms with Gasteiger partial charge in [0, 0.05) is 32.6 Å². The van der Waals surface area contributed by atoms with Crippen LogP contribution in [0, 0.1) is 13.8 Å². The van der Waals surface area contributed by atoms with Crippen molar-refractivity contribution in [3.8, 4) is 11.4 Å². The van der Waals surface area contributed by atoms with Gasteiger partial charge >= 0.3 is 0 Å². The van der Waals surface area contributed by atoms with E-state index < -0.39 is 0 Å². The third-order valence-electron chi connectivity index (χ3n) is 5.76. The maximum absolute atomic E-state index is 12.6. The van der Waals surface area contributed by atoms with E-state index in [0.717, 1.165) is 29.8 Å². The summed E-state index contributed by atoms with van der Waals surface area (Å²) < 4.78 is 7.64. The first-order valence-corrected chi connectivity index (χ1v) is 11.2. The zero-order chi connectivity index (χ0) is 22.3. The van der Waals surface area contributed by atoms with Gasteiger partial charge in [-0.1, -0.05) is 35.4 Å². The minimum absolute atomic E-state index is 0.207. The molecular formula is C24H30N6O2. The van der Waals surface area contributed by atoms with Crippen LogP contribution < -0.4 is 9.64 Å². The van der Waals surface area contributed by atoms with Gasteiger partial charge in [-0.05, 0) is 66.4 Å². The first-order chi connectivity index (χ1) is 15.6. The van der Waals surface area contributed by atoms with Crippen molar-refractivity contribution in [3.63, 3.8) is 0 Å². The van der Waals surface area contributed by atoms with Crippen LogP contribution in [0.2, 0.25) is 0 Å². The average molecular weight is 435 g/mol. The highest BCUT2D eigenvalue weighted by atomic mass is 16.5. The third-order valence-corrected chi connectivity index (χ3v) is 5.76. The largest absolute Gasteiger partial charge is 0.493 e. The van der Waals surface area contributed by atoms with Crippen LogP contribution in [0.15, 0.2) is 48.5 Å². The number of hydrogen-bond donors (Lipinski definition) is 0.